The molecule has 0 spiro atoms. The maximum absolute atomic E-state index is 10.5. The number of aromatic carboxylic acids is 2. The van der Waals surface area contributed by atoms with Crippen molar-refractivity contribution < 1.29 is 19.8 Å². The molecule has 0 unspecified atom stereocenters. The van der Waals surface area contributed by atoms with E-state index in [1.807, 2.05) is 0 Å². The first-order valence-corrected chi connectivity index (χ1v) is 5.59. The monoisotopic (exact) mass is 236 g/mol. The third-order valence-corrected chi connectivity index (χ3v) is 2.57. The van der Waals surface area contributed by atoms with E-state index in [2.05, 4.69) is 0 Å². The van der Waals surface area contributed by atoms with Gasteiger partial charge in [0.25, 0.3) is 0 Å². The molecular weight excluding hydrogens is 220 g/mol. The Balaban J connectivity index is 0.000000302. The number of benzene rings is 1. The van der Waals surface area contributed by atoms with Gasteiger partial charge in [-0.3, -0.25) is 0 Å². The Hall–Kier alpha value is -1.84. The lowest BCUT2D eigenvalue weighted by molar-refractivity contribution is 0.0696. The average molecular weight is 236 g/mol. The molecule has 2 N–H and O–H groups in total. The zero-order valence-electron chi connectivity index (χ0n) is 9.77. The van der Waals surface area contributed by atoms with Crippen LogP contribution in [0, 0.1) is 6.92 Å². The third-order valence-electron chi connectivity index (χ3n) is 2.57. The fourth-order valence-electron chi connectivity index (χ4n) is 1.28. The minimum Gasteiger partial charge on any atom is -0.478 e. The molecule has 4 heteroatoms. The second-order valence-electron chi connectivity index (χ2n) is 4.11. The van der Waals surface area contributed by atoms with Crippen LogP contribution >= 0.6 is 0 Å². The summed E-state index contributed by atoms with van der Waals surface area (Å²) in [5.74, 6) is -2.24. The third kappa shape index (κ3) is 4.26. The Kier molecular flexibility index (Phi) is 4.69. The van der Waals surface area contributed by atoms with Crippen molar-refractivity contribution in [3.63, 3.8) is 0 Å². The molecule has 0 atom stereocenters. The lowest BCUT2D eigenvalue weighted by atomic mass is 10.0. The van der Waals surface area contributed by atoms with Crippen LogP contribution in [0.25, 0.3) is 0 Å². The number of hydrogen-bond acceptors (Lipinski definition) is 2. The molecule has 1 aliphatic carbocycles. The van der Waals surface area contributed by atoms with Crippen LogP contribution in [0.4, 0.5) is 0 Å². The molecule has 0 heterocycles. The molecule has 0 radical (unpaired) electrons. The Bertz CT molecular complexity index is 383. The van der Waals surface area contributed by atoms with Gasteiger partial charge in [-0.05, 0) is 30.7 Å². The topological polar surface area (TPSA) is 74.6 Å². The van der Waals surface area contributed by atoms with Crippen molar-refractivity contribution in [2.75, 3.05) is 0 Å². The molecule has 4 nitrogen and oxygen atoms in total. The van der Waals surface area contributed by atoms with Crippen LogP contribution in [0.3, 0.4) is 0 Å². The second kappa shape index (κ2) is 6.03. The summed E-state index contributed by atoms with van der Waals surface area (Å²) in [5.41, 5.74) is 0.618. The molecular formula is C13H16O4. The molecule has 1 aromatic carbocycles. The Labute approximate surface area is 99.9 Å². The summed E-state index contributed by atoms with van der Waals surface area (Å²) in [6.45, 7) is 1.65. The van der Waals surface area contributed by atoms with Gasteiger partial charge >= 0.3 is 11.9 Å². The maximum Gasteiger partial charge on any atom is 0.335 e. The molecule has 1 aromatic rings. The number of hydrogen-bond donors (Lipinski definition) is 2. The minimum atomic E-state index is -1.12. The van der Waals surface area contributed by atoms with Crippen LogP contribution in [0.15, 0.2) is 18.2 Å². The van der Waals surface area contributed by atoms with E-state index >= 15 is 0 Å². The number of rotatable bonds is 2. The van der Waals surface area contributed by atoms with Crippen LogP contribution < -0.4 is 0 Å². The summed E-state index contributed by atoms with van der Waals surface area (Å²) in [5, 5.41) is 17.2. The predicted molar refractivity (Wildman–Crippen MR) is 63.6 cm³/mol. The highest BCUT2D eigenvalue weighted by molar-refractivity contribution is 5.94. The number of aryl methyl sites for hydroxylation is 1. The molecule has 0 aliphatic heterocycles. The summed E-state index contributed by atoms with van der Waals surface area (Å²) < 4.78 is 0. The molecule has 0 bridgehead atoms. The highest BCUT2D eigenvalue weighted by Gasteiger charge is 2.09. The van der Waals surface area contributed by atoms with Gasteiger partial charge in [-0.25, -0.2) is 9.59 Å². The van der Waals surface area contributed by atoms with Crippen LogP contribution in [0.5, 0.6) is 0 Å². The maximum atomic E-state index is 10.5. The first-order valence-electron chi connectivity index (χ1n) is 5.59. The van der Waals surface area contributed by atoms with E-state index in [0.29, 0.717) is 5.56 Å². The summed E-state index contributed by atoms with van der Waals surface area (Å²) in [4.78, 5) is 21.1. The molecule has 1 aliphatic rings. The standard InChI is InChI=1S/C9H8O4.C4H8/c1-5-2-6(8(10)11)4-7(3-5)9(12)13;1-2-4-3-1/h2-4H,1H3,(H,10,11)(H,12,13);1-4H2. The fraction of sp³-hybridized carbons (Fsp3) is 0.385. The average Bonchev–Trinajstić information content (AvgIpc) is 2.13. The van der Waals surface area contributed by atoms with E-state index in [1.54, 1.807) is 6.92 Å². The van der Waals surface area contributed by atoms with Crippen molar-refractivity contribution in [3.05, 3.63) is 34.9 Å². The number of carboxylic acids is 2. The molecule has 2 rings (SSSR count). The van der Waals surface area contributed by atoms with Gasteiger partial charge < -0.3 is 10.2 Å². The lowest BCUT2D eigenvalue weighted by Crippen LogP contribution is -2.02. The highest BCUT2D eigenvalue weighted by atomic mass is 16.4. The summed E-state index contributed by atoms with van der Waals surface area (Å²) >= 11 is 0. The molecule has 1 saturated carbocycles. The molecule has 0 aromatic heterocycles. The fourth-order valence-corrected chi connectivity index (χ4v) is 1.28. The van der Waals surface area contributed by atoms with Crippen molar-refractivity contribution in [3.8, 4) is 0 Å². The van der Waals surface area contributed by atoms with E-state index in [1.165, 1.54) is 37.8 Å². The second-order valence-corrected chi connectivity index (χ2v) is 4.11. The van der Waals surface area contributed by atoms with Crippen LogP contribution in [0.2, 0.25) is 0 Å². The van der Waals surface area contributed by atoms with Gasteiger partial charge in [-0.15, -0.1) is 0 Å². The number of carbonyl (C=O) groups is 2. The van der Waals surface area contributed by atoms with Crippen LogP contribution in [0.1, 0.15) is 52.0 Å². The van der Waals surface area contributed by atoms with Gasteiger partial charge in [0.2, 0.25) is 0 Å². The first kappa shape index (κ1) is 13.2. The Morgan fingerprint density at radius 1 is 0.882 bits per heavy atom. The molecule has 0 amide bonds. The zero-order valence-corrected chi connectivity index (χ0v) is 9.77. The Morgan fingerprint density at radius 2 is 1.24 bits per heavy atom. The van der Waals surface area contributed by atoms with Gasteiger partial charge in [0.05, 0.1) is 11.1 Å². The summed E-state index contributed by atoms with van der Waals surface area (Å²) in [7, 11) is 0. The minimum absolute atomic E-state index is 0.00241. The first-order chi connectivity index (χ1) is 8.00. The van der Waals surface area contributed by atoms with Crippen LogP contribution in [-0.4, -0.2) is 22.2 Å². The SMILES string of the molecule is C1CCC1.Cc1cc(C(=O)O)cc(C(=O)O)c1. The molecule has 17 heavy (non-hydrogen) atoms. The normalized spacial score (nSPS) is 13.0. The van der Waals surface area contributed by atoms with Gasteiger partial charge in [0.1, 0.15) is 0 Å². The van der Waals surface area contributed by atoms with Crippen LogP contribution in [-0.2, 0) is 0 Å². The van der Waals surface area contributed by atoms with Gasteiger partial charge in [0, 0.05) is 0 Å². The molecule has 0 saturated heterocycles. The van der Waals surface area contributed by atoms with E-state index in [-0.39, 0.29) is 11.1 Å². The number of carboxylic acid groups (broad SMARTS) is 2. The summed E-state index contributed by atoms with van der Waals surface area (Å²) in [6, 6.07) is 3.99. The van der Waals surface area contributed by atoms with E-state index in [9.17, 15) is 9.59 Å². The highest BCUT2D eigenvalue weighted by Crippen LogP contribution is 2.15. The van der Waals surface area contributed by atoms with Gasteiger partial charge in [-0.2, -0.15) is 0 Å². The smallest absolute Gasteiger partial charge is 0.335 e. The van der Waals surface area contributed by atoms with Crippen molar-refractivity contribution in [1.29, 1.82) is 0 Å². The van der Waals surface area contributed by atoms with Crippen molar-refractivity contribution in [2.45, 2.75) is 32.6 Å². The van der Waals surface area contributed by atoms with Crippen molar-refractivity contribution >= 4 is 11.9 Å². The Morgan fingerprint density at radius 3 is 1.47 bits per heavy atom. The molecule has 1 fully saturated rings. The zero-order chi connectivity index (χ0) is 12.8. The van der Waals surface area contributed by atoms with Crippen molar-refractivity contribution in [1.82, 2.24) is 0 Å². The van der Waals surface area contributed by atoms with Gasteiger partial charge in [-0.1, -0.05) is 25.7 Å². The van der Waals surface area contributed by atoms with Gasteiger partial charge in [0.15, 0.2) is 0 Å². The van der Waals surface area contributed by atoms with E-state index in [0.717, 1.165) is 6.07 Å². The van der Waals surface area contributed by atoms with Crippen molar-refractivity contribution in [2.24, 2.45) is 0 Å². The predicted octanol–water partition coefficient (Wildman–Crippen LogP) is 2.95. The summed E-state index contributed by atoms with van der Waals surface area (Å²) in [6.07, 6.45) is 6.00. The quantitative estimate of drug-likeness (QED) is 0.827. The van der Waals surface area contributed by atoms with E-state index in [4.69, 9.17) is 10.2 Å². The largest absolute Gasteiger partial charge is 0.478 e. The van der Waals surface area contributed by atoms with E-state index < -0.39 is 11.9 Å². The molecule has 92 valence electrons. The lowest BCUT2D eigenvalue weighted by Gasteiger charge is -2.05.